The normalized spacial score (nSPS) is 11.0. The second-order valence-corrected chi connectivity index (χ2v) is 7.49. The molecule has 0 saturated carbocycles. The Morgan fingerprint density at radius 2 is 1.27 bits per heavy atom. The Hall–Kier alpha value is 0.420. The first-order chi connectivity index (χ1) is 10.9. The minimum absolute atomic E-state index is 0.571. The Kier molecular flexibility index (Phi) is 13.9. The van der Waals surface area contributed by atoms with Crippen molar-refractivity contribution in [3.8, 4) is 0 Å². The van der Waals surface area contributed by atoms with E-state index in [0.29, 0.717) is 25.0 Å². The highest BCUT2D eigenvalue weighted by Crippen LogP contribution is 2.17. The van der Waals surface area contributed by atoms with Crippen molar-refractivity contribution in [2.45, 2.75) is 11.5 Å². The molecule has 126 valence electrons. The molecule has 0 heterocycles. The summed E-state index contributed by atoms with van der Waals surface area (Å²) >= 11 is 14.9. The number of hydrogen-bond donors (Lipinski definition) is 0. The minimum atomic E-state index is 0.571. The highest BCUT2D eigenvalue weighted by molar-refractivity contribution is 7.98. The van der Waals surface area contributed by atoms with Crippen LogP contribution in [0.3, 0.4) is 0 Å². The summed E-state index contributed by atoms with van der Waals surface area (Å²) in [5.41, 5.74) is 2.75. The van der Waals surface area contributed by atoms with Crippen molar-refractivity contribution < 1.29 is 9.47 Å². The quantitative estimate of drug-likeness (QED) is 0.343. The van der Waals surface area contributed by atoms with E-state index >= 15 is 0 Å². The lowest BCUT2D eigenvalue weighted by atomic mass is 10.2. The lowest BCUT2D eigenvalue weighted by molar-refractivity contribution is 0.166. The number of ether oxygens (including phenoxy) is 2. The molecule has 0 spiro atoms. The maximum absolute atomic E-state index is 5.56. The van der Waals surface area contributed by atoms with Crippen molar-refractivity contribution in [3.63, 3.8) is 0 Å². The third-order valence-electron chi connectivity index (χ3n) is 2.72. The van der Waals surface area contributed by atoms with E-state index in [9.17, 15) is 0 Å². The van der Waals surface area contributed by atoms with Gasteiger partial charge in [-0.15, -0.1) is 23.2 Å². The monoisotopic (exact) mass is 382 g/mol. The molecule has 0 unspecified atom stereocenters. The standard InChI is InChI=1S/C16H24Cl2O2S2/c17-4-6-19-8-10-21-13-15-2-1-3-16(12-15)14-22-11-9-20-7-5-18/h1-3,12H,4-11,13-14H2. The molecule has 0 N–H and O–H groups in total. The van der Waals surface area contributed by atoms with Gasteiger partial charge in [0, 0.05) is 34.8 Å². The molecule has 0 aliphatic rings. The van der Waals surface area contributed by atoms with Gasteiger partial charge in [-0.3, -0.25) is 0 Å². The van der Waals surface area contributed by atoms with E-state index < -0.39 is 0 Å². The van der Waals surface area contributed by atoms with Crippen LogP contribution in [0.25, 0.3) is 0 Å². The lowest BCUT2D eigenvalue weighted by Crippen LogP contribution is -2.00. The fourth-order valence-corrected chi connectivity index (χ4v) is 3.55. The molecule has 1 rings (SSSR count). The summed E-state index contributed by atoms with van der Waals surface area (Å²) < 4.78 is 10.7. The molecule has 1 aromatic rings. The SMILES string of the molecule is ClCCOCCSCc1cccc(CSCCOCCCl)c1. The molecule has 0 saturated heterocycles. The second-order valence-electron chi connectivity index (χ2n) is 4.53. The largest absolute Gasteiger partial charge is 0.379 e. The average molecular weight is 383 g/mol. The predicted octanol–water partition coefficient (Wildman–Crippen LogP) is 4.66. The van der Waals surface area contributed by atoms with Crippen molar-refractivity contribution in [1.29, 1.82) is 0 Å². The van der Waals surface area contributed by atoms with Crippen LogP contribution in [0, 0.1) is 0 Å². The highest BCUT2D eigenvalue weighted by Gasteiger charge is 1.98. The van der Waals surface area contributed by atoms with Crippen LogP contribution in [-0.4, -0.2) is 49.7 Å². The maximum atomic E-state index is 5.56. The number of benzene rings is 1. The Morgan fingerprint density at radius 3 is 1.73 bits per heavy atom. The third-order valence-corrected chi connectivity index (χ3v) is 5.01. The van der Waals surface area contributed by atoms with Gasteiger partial charge >= 0.3 is 0 Å². The van der Waals surface area contributed by atoms with Crippen molar-refractivity contribution in [2.75, 3.05) is 49.7 Å². The topological polar surface area (TPSA) is 18.5 Å². The first-order valence-electron chi connectivity index (χ1n) is 7.37. The number of thioether (sulfide) groups is 2. The minimum Gasteiger partial charge on any atom is -0.379 e. The molecule has 0 radical (unpaired) electrons. The molecule has 0 aromatic heterocycles. The van der Waals surface area contributed by atoms with Gasteiger partial charge in [0.25, 0.3) is 0 Å². The molecule has 0 atom stereocenters. The molecule has 6 heteroatoms. The summed E-state index contributed by atoms with van der Waals surface area (Å²) in [6.45, 7) is 2.83. The van der Waals surface area contributed by atoms with Gasteiger partial charge in [-0.1, -0.05) is 24.3 Å². The number of alkyl halides is 2. The summed E-state index contributed by atoms with van der Waals surface area (Å²) in [6, 6.07) is 8.80. The van der Waals surface area contributed by atoms with Crippen LogP contribution in [0.4, 0.5) is 0 Å². The molecule has 1 aromatic carbocycles. The van der Waals surface area contributed by atoms with Crippen LogP contribution < -0.4 is 0 Å². The zero-order chi connectivity index (χ0) is 15.9. The first-order valence-corrected chi connectivity index (χ1v) is 10.8. The fraction of sp³-hybridized carbons (Fsp3) is 0.625. The van der Waals surface area contributed by atoms with E-state index in [1.807, 2.05) is 23.5 Å². The van der Waals surface area contributed by atoms with Crippen molar-refractivity contribution in [3.05, 3.63) is 35.4 Å². The second kappa shape index (κ2) is 15.0. The van der Waals surface area contributed by atoms with Gasteiger partial charge in [0.05, 0.1) is 26.4 Å². The van der Waals surface area contributed by atoms with Gasteiger partial charge in [-0.25, -0.2) is 0 Å². The molecule has 0 amide bonds. The zero-order valence-corrected chi connectivity index (χ0v) is 15.9. The van der Waals surface area contributed by atoms with Crippen LogP contribution in [0.15, 0.2) is 24.3 Å². The van der Waals surface area contributed by atoms with Crippen LogP contribution in [-0.2, 0) is 21.0 Å². The van der Waals surface area contributed by atoms with Crippen LogP contribution >= 0.6 is 46.7 Å². The summed E-state index contributed by atoms with van der Waals surface area (Å²) in [4.78, 5) is 0. The van der Waals surface area contributed by atoms with E-state index in [0.717, 1.165) is 36.2 Å². The fourth-order valence-electron chi connectivity index (χ4n) is 1.74. The molecule has 0 fully saturated rings. The van der Waals surface area contributed by atoms with Crippen molar-refractivity contribution in [1.82, 2.24) is 0 Å². The summed E-state index contributed by atoms with van der Waals surface area (Å²) in [7, 11) is 0. The van der Waals surface area contributed by atoms with Gasteiger partial charge in [-0.05, 0) is 11.1 Å². The van der Waals surface area contributed by atoms with Crippen LogP contribution in [0.2, 0.25) is 0 Å². The molecule has 2 nitrogen and oxygen atoms in total. The van der Waals surface area contributed by atoms with Gasteiger partial charge in [0.1, 0.15) is 0 Å². The molecular formula is C16H24Cl2O2S2. The molecule has 0 bridgehead atoms. The maximum Gasteiger partial charge on any atom is 0.0602 e. The van der Waals surface area contributed by atoms with E-state index in [2.05, 4.69) is 24.3 Å². The third kappa shape index (κ3) is 11.0. The number of hydrogen-bond acceptors (Lipinski definition) is 4. The van der Waals surface area contributed by atoms with E-state index in [-0.39, 0.29) is 0 Å². The van der Waals surface area contributed by atoms with Crippen LogP contribution in [0.1, 0.15) is 11.1 Å². The van der Waals surface area contributed by atoms with Crippen molar-refractivity contribution >= 4 is 46.7 Å². The Balaban J connectivity index is 2.13. The molecule has 0 aliphatic heterocycles. The summed E-state index contributed by atoms with van der Waals surface area (Å²) in [6.07, 6.45) is 0. The van der Waals surface area contributed by atoms with E-state index in [1.165, 1.54) is 11.1 Å². The number of rotatable bonds is 14. The van der Waals surface area contributed by atoms with Crippen LogP contribution in [0.5, 0.6) is 0 Å². The lowest BCUT2D eigenvalue weighted by Gasteiger charge is -2.06. The average Bonchev–Trinajstić information content (AvgIpc) is 2.54. The van der Waals surface area contributed by atoms with E-state index in [4.69, 9.17) is 32.7 Å². The van der Waals surface area contributed by atoms with Gasteiger partial charge in [0.15, 0.2) is 0 Å². The molecule has 22 heavy (non-hydrogen) atoms. The smallest absolute Gasteiger partial charge is 0.0602 e. The van der Waals surface area contributed by atoms with Gasteiger partial charge in [0.2, 0.25) is 0 Å². The van der Waals surface area contributed by atoms with Gasteiger partial charge < -0.3 is 9.47 Å². The summed E-state index contributed by atoms with van der Waals surface area (Å²) in [5.74, 6) is 5.22. The zero-order valence-electron chi connectivity index (χ0n) is 12.8. The highest BCUT2D eigenvalue weighted by atomic mass is 35.5. The molecule has 0 aliphatic carbocycles. The molecular weight excluding hydrogens is 359 g/mol. The van der Waals surface area contributed by atoms with E-state index in [1.54, 1.807) is 0 Å². The van der Waals surface area contributed by atoms with Crippen molar-refractivity contribution in [2.24, 2.45) is 0 Å². The van der Waals surface area contributed by atoms with Gasteiger partial charge in [-0.2, -0.15) is 23.5 Å². The Bertz CT molecular complexity index is 350. The Labute approximate surface area is 152 Å². The first kappa shape index (κ1) is 20.5. The predicted molar refractivity (Wildman–Crippen MR) is 102 cm³/mol. The summed E-state index contributed by atoms with van der Waals surface area (Å²) in [5, 5.41) is 0. The number of halogens is 2. The Morgan fingerprint density at radius 1 is 0.773 bits per heavy atom.